The van der Waals surface area contributed by atoms with Crippen LogP contribution < -0.4 is 0 Å². The van der Waals surface area contributed by atoms with Gasteiger partial charge in [0.2, 0.25) is 0 Å². The molecule has 3 N–H and O–H groups in total. The Bertz CT molecular complexity index is 1940. The molecule has 0 spiro atoms. The summed E-state index contributed by atoms with van der Waals surface area (Å²) in [7, 11) is -9.92. The summed E-state index contributed by atoms with van der Waals surface area (Å²) >= 11 is 0. The molecule has 5 atom stereocenters. The Balaban J connectivity index is 5.20. The van der Waals surface area contributed by atoms with E-state index in [1.165, 1.54) is 270 Å². The van der Waals surface area contributed by atoms with E-state index in [1.54, 1.807) is 0 Å². The minimum absolute atomic E-state index is 0.108. The number of phosphoric acid groups is 2. The third kappa shape index (κ3) is 76.3. The second-order valence-corrected chi connectivity index (χ2v) is 33.3. The maximum Gasteiger partial charge on any atom is 0.472 e. The first kappa shape index (κ1) is 100. The van der Waals surface area contributed by atoms with Crippen molar-refractivity contribution in [1.82, 2.24) is 0 Å². The van der Waals surface area contributed by atoms with E-state index < -0.39 is 97.5 Å². The van der Waals surface area contributed by atoms with Crippen LogP contribution in [0.4, 0.5) is 0 Å². The van der Waals surface area contributed by atoms with Gasteiger partial charge in [-0.3, -0.25) is 37.3 Å². The Kier molecular flexibility index (Phi) is 74.4. The molecule has 0 aromatic heterocycles. The van der Waals surface area contributed by atoms with Gasteiger partial charge >= 0.3 is 39.5 Å². The third-order valence-electron chi connectivity index (χ3n) is 19.5. The minimum Gasteiger partial charge on any atom is -0.462 e. The summed E-state index contributed by atoms with van der Waals surface area (Å²) in [6, 6.07) is 0. The van der Waals surface area contributed by atoms with Gasteiger partial charge in [0.25, 0.3) is 0 Å². The van der Waals surface area contributed by atoms with Crippen molar-refractivity contribution in [3.8, 4) is 0 Å². The molecule has 0 aliphatic carbocycles. The van der Waals surface area contributed by atoms with E-state index in [4.69, 9.17) is 37.0 Å². The first-order valence-electron chi connectivity index (χ1n) is 43.1. The number of hydrogen-bond donors (Lipinski definition) is 3. The Hall–Kier alpha value is -1.94. The summed E-state index contributed by atoms with van der Waals surface area (Å²) in [5.41, 5.74) is 0. The van der Waals surface area contributed by atoms with E-state index in [1.807, 2.05) is 0 Å². The molecule has 606 valence electrons. The summed E-state index contributed by atoms with van der Waals surface area (Å²) in [6.07, 6.45) is 68.1. The molecule has 0 radical (unpaired) electrons. The maximum atomic E-state index is 13.1. The second-order valence-electron chi connectivity index (χ2n) is 30.3. The fourth-order valence-corrected chi connectivity index (χ4v) is 14.5. The lowest BCUT2D eigenvalue weighted by molar-refractivity contribution is -0.161. The predicted octanol–water partition coefficient (Wildman–Crippen LogP) is 25.2. The third-order valence-corrected chi connectivity index (χ3v) is 21.4. The van der Waals surface area contributed by atoms with Crippen LogP contribution in [0, 0.1) is 5.92 Å². The Labute approximate surface area is 626 Å². The highest BCUT2D eigenvalue weighted by Crippen LogP contribution is 2.45. The van der Waals surface area contributed by atoms with Crippen molar-refractivity contribution >= 4 is 39.5 Å². The molecule has 17 nitrogen and oxygen atoms in total. The van der Waals surface area contributed by atoms with Gasteiger partial charge in [-0.2, -0.15) is 0 Å². The minimum atomic E-state index is -4.96. The number of carbonyl (C=O) groups excluding carboxylic acids is 4. The van der Waals surface area contributed by atoms with E-state index in [2.05, 4.69) is 34.6 Å². The van der Waals surface area contributed by atoms with E-state index in [-0.39, 0.29) is 25.7 Å². The lowest BCUT2D eigenvalue weighted by atomic mass is 10.0. The molecular weight excluding hydrogens is 1330 g/mol. The van der Waals surface area contributed by atoms with Gasteiger partial charge in [-0.05, 0) is 31.6 Å². The molecule has 0 heterocycles. The van der Waals surface area contributed by atoms with Crippen molar-refractivity contribution in [2.24, 2.45) is 5.92 Å². The van der Waals surface area contributed by atoms with Gasteiger partial charge < -0.3 is 33.8 Å². The van der Waals surface area contributed by atoms with Crippen molar-refractivity contribution in [1.29, 1.82) is 0 Å². The molecule has 0 aliphatic rings. The summed E-state index contributed by atoms with van der Waals surface area (Å²) in [4.78, 5) is 73.0. The van der Waals surface area contributed by atoms with Crippen LogP contribution in [0.3, 0.4) is 0 Å². The van der Waals surface area contributed by atoms with Crippen LogP contribution in [-0.2, 0) is 65.4 Å². The largest absolute Gasteiger partial charge is 0.472 e. The van der Waals surface area contributed by atoms with Crippen LogP contribution in [0.1, 0.15) is 446 Å². The Morgan fingerprint density at radius 2 is 0.451 bits per heavy atom. The Morgan fingerprint density at radius 1 is 0.265 bits per heavy atom. The van der Waals surface area contributed by atoms with E-state index >= 15 is 0 Å². The first-order valence-corrected chi connectivity index (χ1v) is 46.1. The highest BCUT2D eigenvalue weighted by atomic mass is 31.2. The van der Waals surface area contributed by atoms with Gasteiger partial charge in [-0.25, -0.2) is 9.13 Å². The second kappa shape index (κ2) is 75.9. The van der Waals surface area contributed by atoms with Gasteiger partial charge in [-0.1, -0.05) is 394 Å². The molecule has 0 aromatic carbocycles. The van der Waals surface area contributed by atoms with E-state index in [9.17, 15) is 43.2 Å². The number of hydrogen-bond acceptors (Lipinski definition) is 15. The average Bonchev–Trinajstić information content (AvgIpc) is 0.921. The van der Waals surface area contributed by atoms with Crippen molar-refractivity contribution in [2.45, 2.75) is 464 Å². The van der Waals surface area contributed by atoms with Gasteiger partial charge in [-0.15, -0.1) is 0 Å². The summed E-state index contributed by atoms with van der Waals surface area (Å²) < 4.78 is 68.7. The number of carbonyl (C=O) groups is 4. The number of unbranched alkanes of at least 4 members (excludes halogenated alkanes) is 55. The topological polar surface area (TPSA) is 237 Å². The van der Waals surface area contributed by atoms with E-state index in [0.717, 1.165) is 95.8 Å². The summed E-state index contributed by atoms with van der Waals surface area (Å²) in [5.74, 6) is -1.30. The number of ether oxygens (including phenoxy) is 4. The summed E-state index contributed by atoms with van der Waals surface area (Å²) in [6.45, 7) is 7.36. The molecule has 0 aromatic rings. The number of aliphatic hydroxyl groups is 1. The van der Waals surface area contributed by atoms with Gasteiger partial charge in [0, 0.05) is 25.7 Å². The molecule has 0 rings (SSSR count). The smallest absolute Gasteiger partial charge is 0.462 e. The quantitative estimate of drug-likeness (QED) is 0.0222. The highest BCUT2D eigenvalue weighted by Gasteiger charge is 2.30. The predicted molar refractivity (Wildman–Crippen MR) is 418 cm³/mol. The number of aliphatic hydroxyl groups excluding tert-OH is 1. The van der Waals surface area contributed by atoms with Crippen molar-refractivity contribution in [2.75, 3.05) is 39.6 Å². The standard InChI is InChI=1S/C83H162O17P2/c1-6-9-12-15-18-21-24-26-27-28-29-30-31-32-33-36-40-44-49-54-59-64-69-83(88)100-79(73-94-81(86)67-62-57-52-47-43-39-37-34-35-38-41-45-50-55-60-65-76(4)5)75-98-102(91,92)96-71-77(84)70-95-101(89,90)97-74-78(72-93-80(85)66-61-56-51-46-23-20-17-14-11-8-3)99-82(87)68-63-58-53-48-42-25-22-19-16-13-10-7-2/h76-79,84H,6-75H2,1-5H3,(H,89,90)(H,91,92)/t77-,78+,79+/m0/s1. The monoisotopic (exact) mass is 1490 g/mol. The van der Waals surface area contributed by atoms with Gasteiger partial charge in [0.05, 0.1) is 26.4 Å². The molecule has 102 heavy (non-hydrogen) atoms. The number of esters is 4. The highest BCUT2D eigenvalue weighted by molar-refractivity contribution is 7.47. The van der Waals surface area contributed by atoms with Crippen LogP contribution in [0.5, 0.6) is 0 Å². The average molecular weight is 1490 g/mol. The first-order chi connectivity index (χ1) is 49.5. The molecule has 0 fully saturated rings. The van der Waals surface area contributed by atoms with Gasteiger partial charge in [0.15, 0.2) is 12.2 Å². The molecule has 2 unspecified atom stereocenters. The fourth-order valence-electron chi connectivity index (χ4n) is 12.9. The van der Waals surface area contributed by atoms with Crippen molar-refractivity contribution in [3.05, 3.63) is 0 Å². The van der Waals surface area contributed by atoms with Crippen LogP contribution in [0.15, 0.2) is 0 Å². The van der Waals surface area contributed by atoms with Crippen LogP contribution in [0.2, 0.25) is 0 Å². The molecule has 0 aliphatic heterocycles. The lowest BCUT2D eigenvalue weighted by Gasteiger charge is -2.21. The maximum absolute atomic E-state index is 13.1. The zero-order valence-electron chi connectivity index (χ0n) is 66.8. The van der Waals surface area contributed by atoms with Gasteiger partial charge in [0.1, 0.15) is 19.3 Å². The van der Waals surface area contributed by atoms with Crippen LogP contribution in [0.25, 0.3) is 0 Å². The zero-order chi connectivity index (χ0) is 74.8. The Morgan fingerprint density at radius 3 is 0.667 bits per heavy atom. The van der Waals surface area contributed by atoms with Crippen LogP contribution >= 0.6 is 15.6 Å². The van der Waals surface area contributed by atoms with E-state index in [0.29, 0.717) is 25.7 Å². The molecule has 19 heteroatoms. The molecule has 0 saturated carbocycles. The number of rotatable bonds is 83. The fraction of sp³-hybridized carbons (Fsp3) is 0.952. The number of phosphoric ester groups is 2. The summed E-state index contributed by atoms with van der Waals surface area (Å²) in [5, 5.41) is 10.6. The normalized spacial score (nSPS) is 13.8. The lowest BCUT2D eigenvalue weighted by Crippen LogP contribution is -2.30. The SMILES string of the molecule is CCCCCCCCCCCCCCCCCCCCCCCCC(=O)O[C@H](COC(=O)CCCCCCCCCCCCCCCCCC(C)C)COP(=O)(O)OC[C@@H](O)COP(=O)(O)OC[C@@H](COC(=O)CCCCCCCCCCCC)OC(=O)CCCCCCCCCCCCCC. The van der Waals surface area contributed by atoms with Crippen LogP contribution in [-0.4, -0.2) is 96.7 Å². The molecule has 0 bridgehead atoms. The molecular formula is C83H162O17P2. The zero-order valence-corrected chi connectivity index (χ0v) is 68.5. The molecule has 0 saturated heterocycles. The van der Waals surface area contributed by atoms with Crippen molar-refractivity contribution < 1.29 is 80.2 Å². The molecule has 0 amide bonds. The van der Waals surface area contributed by atoms with Crippen molar-refractivity contribution in [3.63, 3.8) is 0 Å².